The Balaban J connectivity index is 1.94. The van der Waals surface area contributed by atoms with Crippen molar-refractivity contribution in [2.45, 2.75) is 44.0 Å². The summed E-state index contributed by atoms with van der Waals surface area (Å²) in [5, 5.41) is 0. The standard InChI is InChI=1S/C15H23NOS/c1-2-18-15-8-4-7-14(13(15)11-16)17-10-9-12-5-3-6-12/h4,7-8,12H,2-3,5-6,9-11,16H2,1H3. The second-order valence-electron chi connectivity index (χ2n) is 4.80. The van der Waals surface area contributed by atoms with Crippen molar-refractivity contribution in [3.8, 4) is 5.75 Å². The number of benzene rings is 1. The lowest BCUT2D eigenvalue weighted by molar-refractivity contribution is 0.220. The lowest BCUT2D eigenvalue weighted by atomic mass is 9.83. The van der Waals surface area contributed by atoms with Gasteiger partial charge in [-0.25, -0.2) is 0 Å². The van der Waals surface area contributed by atoms with Crippen LogP contribution in [-0.2, 0) is 6.54 Å². The zero-order chi connectivity index (χ0) is 12.8. The molecule has 0 radical (unpaired) electrons. The number of thioether (sulfide) groups is 1. The molecular weight excluding hydrogens is 242 g/mol. The number of rotatable bonds is 7. The van der Waals surface area contributed by atoms with Crippen molar-refractivity contribution in [3.05, 3.63) is 23.8 Å². The van der Waals surface area contributed by atoms with Crippen LogP contribution in [0.5, 0.6) is 5.75 Å². The quantitative estimate of drug-likeness (QED) is 0.761. The van der Waals surface area contributed by atoms with Gasteiger partial charge in [-0.05, 0) is 30.2 Å². The molecule has 0 aliphatic heterocycles. The SMILES string of the molecule is CCSc1cccc(OCCC2CCC2)c1CN. The summed E-state index contributed by atoms with van der Waals surface area (Å²) in [7, 11) is 0. The van der Waals surface area contributed by atoms with Gasteiger partial charge in [0.15, 0.2) is 0 Å². The molecule has 2 rings (SSSR count). The molecule has 2 nitrogen and oxygen atoms in total. The van der Waals surface area contributed by atoms with Crippen LogP contribution in [0, 0.1) is 5.92 Å². The third-order valence-electron chi connectivity index (χ3n) is 3.60. The summed E-state index contributed by atoms with van der Waals surface area (Å²) in [4.78, 5) is 1.26. The minimum atomic E-state index is 0.557. The maximum Gasteiger partial charge on any atom is 0.124 e. The third kappa shape index (κ3) is 3.42. The van der Waals surface area contributed by atoms with Crippen LogP contribution >= 0.6 is 11.8 Å². The fraction of sp³-hybridized carbons (Fsp3) is 0.600. The number of hydrogen-bond donors (Lipinski definition) is 1. The van der Waals surface area contributed by atoms with Gasteiger partial charge in [0.25, 0.3) is 0 Å². The predicted octanol–water partition coefficient (Wildman–Crippen LogP) is 3.83. The van der Waals surface area contributed by atoms with Crippen molar-refractivity contribution in [2.75, 3.05) is 12.4 Å². The summed E-state index contributed by atoms with van der Waals surface area (Å²) in [5.74, 6) is 2.95. The molecule has 100 valence electrons. The molecule has 0 aromatic heterocycles. The van der Waals surface area contributed by atoms with Crippen LogP contribution in [0.1, 0.15) is 38.2 Å². The Kier molecular flexibility index (Phi) is 5.39. The molecular formula is C15H23NOS. The second-order valence-corrected chi connectivity index (χ2v) is 6.11. The highest BCUT2D eigenvalue weighted by atomic mass is 32.2. The van der Waals surface area contributed by atoms with E-state index in [1.807, 2.05) is 17.8 Å². The highest BCUT2D eigenvalue weighted by Gasteiger charge is 2.17. The van der Waals surface area contributed by atoms with E-state index < -0.39 is 0 Å². The van der Waals surface area contributed by atoms with E-state index in [0.29, 0.717) is 6.54 Å². The highest BCUT2D eigenvalue weighted by Crippen LogP contribution is 2.32. The minimum Gasteiger partial charge on any atom is -0.493 e. The molecule has 0 amide bonds. The Hall–Kier alpha value is -0.670. The van der Waals surface area contributed by atoms with Crippen LogP contribution in [0.3, 0.4) is 0 Å². The van der Waals surface area contributed by atoms with Gasteiger partial charge < -0.3 is 10.5 Å². The summed E-state index contributed by atoms with van der Waals surface area (Å²) in [5.41, 5.74) is 7.02. The lowest BCUT2D eigenvalue weighted by Gasteiger charge is -2.25. The molecule has 0 bridgehead atoms. The van der Waals surface area contributed by atoms with Gasteiger partial charge in [0.05, 0.1) is 6.61 Å². The average Bonchev–Trinajstić information content (AvgIpc) is 2.33. The van der Waals surface area contributed by atoms with Gasteiger partial charge >= 0.3 is 0 Å². The third-order valence-corrected chi connectivity index (χ3v) is 4.58. The van der Waals surface area contributed by atoms with E-state index in [1.54, 1.807) is 0 Å². The fourth-order valence-corrected chi connectivity index (χ4v) is 3.13. The molecule has 2 N–H and O–H groups in total. The first-order valence-electron chi connectivity index (χ1n) is 6.92. The molecule has 1 saturated carbocycles. The van der Waals surface area contributed by atoms with E-state index in [1.165, 1.54) is 30.6 Å². The molecule has 0 saturated heterocycles. The van der Waals surface area contributed by atoms with Crippen molar-refractivity contribution >= 4 is 11.8 Å². The monoisotopic (exact) mass is 265 g/mol. The minimum absolute atomic E-state index is 0.557. The first-order chi connectivity index (χ1) is 8.85. The van der Waals surface area contributed by atoms with Gasteiger partial charge in [0.2, 0.25) is 0 Å². The van der Waals surface area contributed by atoms with Crippen LogP contribution in [0.4, 0.5) is 0 Å². The summed E-state index contributed by atoms with van der Waals surface area (Å²) < 4.78 is 5.93. The molecule has 18 heavy (non-hydrogen) atoms. The zero-order valence-electron chi connectivity index (χ0n) is 11.2. The Morgan fingerprint density at radius 1 is 1.39 bits per heavy atom. The number of ether oxygens (including phenoxy) is 1. The van der Waals surface area contributed by atoms with Crippen molar-refractivity contribution in [2.24, 2.45) is 11.7 Å². The van der Waals surface area contributed by atoms with Gasteiger partial charge in [0.1, 0.15) is 5.75 Å². The molecule has 1 fully saturated rings. The van der Waals surface area contributed by atoms with Crippen LogP contribution in [0.25, 0.3) is 0 Å². The van der Waals surface area contributed by atoms with E-state index in [2.05, 4.69) is 19.1 Å². The topological polar surface area (TPSA) is 35.2 Å². The number of hydrogen-bond acceptors (Lipinski definition) is 3. The van der Waals surface area contributed by atoms with E-state index in [9.17, 15) is 0 Å². The first kappa shape index (κ1) is 13.8. The normalized spacial score (nSPS) is 15.4. The predicted molar refractivity (Wildman–Crippen MR) is 78.2 cm³/mol. The first-order valence-corrected chi connectivity index (χ1v) is 7.91. The smallest absolute Gasteiger partial charge is 0.124 e. The maximum absolute atomic E-state index is 5.93. The molecule has 0 spiro atoms. The van der Waals surface area contributed by atoms with E-state index in [4.69, 9.17) is 10.5 Å². The Morgan fingerprint density at radius 3 is 2.83 bits per heavy atom. The lowest BCUT2D eigenvalue weighted by Crippen LogP contribution is -2.15. The van der Waals surface area contributed by atoms with Crippen molar-refractivity contribution in [1.82, 2.24) is 0 Å². The Morgan fingerprint density at radius 2 is 2.22 bits per heavy atom. The van der Waals surface area contributed by atoms with E-state index >= 15 is 0 Å². The molecule has 3 heteroatoms. The molecule has 0 atom stereocenters. The van der Waals surface area contributed by atoms with Gasteiger partial charge in [-0.3, -0.25) is 0 Å². The molecule has 1 aliphatic rings. The fourth-order valence-electron chi connectivity index (χ4n) is 2.29. The van der Waals surface area contributed by atoms with Crippen LogP contribution in [-0.4, -0.2) is 12.4 Å². The zero-order valence-corrected chi connectivity index (χ0v) is 12.0. The van der Waals surface area contributed by atoms with E-state index in [-0.39, 0.29) is 0 Å². The van der Waals surface area contributed by atoms with Gasteiger partial charge in [-0.2, -0.15) is 0 Å². The molecule has 0 heterocycles. The summed E-state index contributed by atoms with van der Waals surface area (Å²) >= 11 is 1.84. The Bertz CT molecular complexity index is 377. The van der Waals surface area contributed by atoms with Crippen LogP contribution in [0.15, 0.2) is 23.1 Å². The van der Waals surface area contributed by atoms with Crippen molar-refractivity contribution in [3.63, 3.8) is 0 Å². The van der Waals surface area contributed by atoms with E-state index in [0.717, 1.165) is 29.6 Å². The molecule has 1 aromatic rings. The molecule has 1 aromatic carbocycles. The van der Waals surface area contributed by atoms with Gasteiger partial charge in [-0.15, -0.1) is 11.8 Å². The summed E-state index contributed by atoms with van der Waals surface area (Å²) in [6.45, 7) is 3.55. The Labute approximate surface area is 114 Å². The largest absolute Gasteiger partial charge is 0.493 e. The van der Waals surface area contributed by atoms with Gasteiger partial charge in [0, 0.05) is 17.0 Å². The van der Waals surface area contributed by atoms with Crippen LogP contribution < -0.4 is 10.5 Å². The van der Waals surface area contributed by atoms with Gasteiger partial charge in [-0.1, -0.05) is 32.3 Å². The molecule has 1 aliphatic carbocycles. The molecule has 0 unspecified atom stereocenters. The van der Waals surface area contributed by atoms with Crippen molar-refractivity contribution < 1.29 is 4.74 Å². The summed E-state index contributed by atoms with van der Waals surface area (Å²) in [6, 6.07) is 6.24. The average molecular weight is 265 g/mol. The number of nitrogens with two attached hydrogens (primary N) is 1. The van der Waals surface area contributed by atoms with Crippen LogP contribution in [0.2, 0.25) is 0 Å². The second kappa shape index (κ2) is 7.05. The maximum atomic E-state index is 5.93. The van der Waals surface area contributed by atoms with Crippen molar-refractivity contribution in [1.29, 1.82) is 0 Å². The summed E-state index contributed by atoms with van der Waals surface area (Å²) in [6.07, 6.45) is 5.37. The highest BCUT2D eigenvalue weighted by molar-refractivity contribution is 7.99.